The molecule has 4 saturated carbocycles. The SMILES string of the molecule is CC(C)(C)CC(C)(C(=O)OCC(=O)OC1C2OC(=O)C3C4CCC23C41)C(C)(C)C. The van der Waals surface area contributed by atoms with Crippen molar-refractivity contribution in [3.8, 4) is 0 Å². The van der Waals surface area contributed by atoms with Crippen LogP contribution in [0.1, 0.15) is 67.7 Å². The first-order chi connectivity index (χ1) is 13.2. The molecule has 162 valence electrons. The van der Waals surface area contributed by atoms with Gasteiger partial charge in [-0.3, -0.25) is 9.59 Å². The number of carbonyl (C=O) groups excluding carboxylic acids is 3. The number of hydrogen-bond acceptors (Lipinski definition) is 6. The molecule has 1 spiro atoms. The minimum absolute atomic E-state index is 0.0233. The second-order valence-corrected chi connectivity index (χ2v) is 12.0. The van der Waals surface area contributed by atoms with Crippen LogP contribution >= 0.6 is 0 Å². The zero-order chi connectivity index (χ0) is 21.6. The van der Waals surface area contributed by atoms with E-state index in [1.807, 2.05) is 27.7 Å². The van der Waals surface area contributed by atoms with Crippen LogP contribution in [0.15, 0.2) is 0 Å². The Bertz CT molecular complexity index is 758. The van der Waals surface area contributed by atoms with E-state index in [9.17, 15) is 14.4 Å². The van der Waals surface area contributed by atoms with E-state index >= 15 is 0 Å². The molecule has 29 heavy (non-hydrogen) atoms. The Balaban J connectivity index is 1.35. The summed E-state index contributed by atoms with van der Waals surface area (Å²) in [6.45, 7) is 13.8. The molecule has 0 N–H and O–H groups in total. The maximum Gasteiger partial charge on any atom is 0.344 e. The molecule has 1 heterocycles. The van der Waals surface area contributed by atoms with Crippen molar-refractivity contribution in [3.63, 3.8) is 0 Å². The summed E-state index contributed by atoms with van der Waals surface area (Å²) in [6.07, 6.45) is 1.97. The van der Waals surface area contributed by atoms with E-state index in [2.05, 4.69) is 20.8 Å². The summed E-state index contributed by atoms with van der Waals surface area (Å²) in [7, 11) is 0. The molecule has 5 fully saturated rings. The van der Waals surface area contributed by atoms with Crippen molar-refractivity contribution in [3.05, 3.63) is 0 Å². The minimum atomic E-state index is -0.729. The smallest absolute Gasteiger partial charge is 0.344 e. The van der Waals surface area contributed by atoms with Crippen molar-refractivity contribution < 1.29 is 28.6 Å². The quantitative estimate of drug-likeness (QED) is 0.513. The van der Waals surface area contributed by atoms with Gasteiger partial charge in [0, 0.05) is 11.3 Å². The third kappa shape index (κ3) is 2.70. The van der Waals surface area contributed by atoms with Gasteiger partial charge in [0.1, 0.15) is 12.2 Å². The Morgan fingerprint density at radius 2 is 1.79 bits per heavy atom. The van der Waals surface area contributed by atoms with Crippen molar-refractivity contribution in [2.24, 2.45) is 39.4 Å². The van der Waals surface area contributed by atoms with E-state index in [0.29, 0.717) is 6.42 Å². The number of hydrogen-bond donors (Lipinski definition) is 0. The van der Waals surface area contributed by atoms with Crippen LogP contribution in [-0.2, 0) is 28.6 Å². The van der Waals surface area contributed by atoms with Crippen LogP contribution in [0.4, 0.5) is 0 Å². The fourth-order valence-corrected chi connectivity index (χ4v) is 6.69. The molecule has 0 amide bonds. The lowest BCUT2D eigenvalue weighted by Crippen LogP contribution is -2.72. The Morgan fingerprint density at radius 3 is 2.38 bits per heavy atom. The molecular formula is C23H34O6. The van der Waals surface area contributed by atoms with Crippen LogP contribution in [-0.4, -0.2) is 36.7 Å². The van der Waals surface area contributed by atoms with Gasteiger partial charge in [-0.25, -0.2) is 4.79 Å². The summed E-state index contributed by atoms with van der Waals surface area (Å²) in [5.74, 6) is -0.507. The fourth-order valence-electron chi connectivity index (χ4n) is 6.69. The van der Waals surface area contributed by atoms with Crippen molar-refractivity contribution >= 4 is 17.9 Å². The van der Waals surface area contributed by atoms with Gasteiger partial charge in [-0.05, 0) is 42.9 Å². The van der Waals surface area contributed by atoms with Crippen LogP contribution in [0.2, 0.25) is 0 Å². The normalized spacial score (nSPS) is 38.9. The lowest BCUT2D eigenvalue weighted by Gasteiger charge is -2.62. The zero-order valence-electron chi connectivity index (χ0n) is 18.7. The van der Waals surface area contributed by atoms with Crippen molar-refractivity contribution in [2.45, 2.75) is 79.9 Å². The number of rotatable bonds is 5. The van der Waals surface area contributed by atoms with Crippen LogP contribution in [0.25, 0.3) is 0 Å². The average molecular weight is 407 g/mol. The molecule has 0 radical (unpaired) electrons. The highest BCUT2D eigenvalue weighted by Gasteiger charge is 2.87. The molecule has 1 saturated heterocycles. The fraction of sp³-hybridized carbons (Fsp3) is 0.870. The minimum Gasteiger partial charge on any atom is -0.458 e. The first-order valence-electron chi connectivity index (χ1n) is 10.8. The van der Waals surface area contributed by atoms with E-state index in [4.69, 9.17) is 14.2 Å². The van der Waals surface area contributed by atoms with E-state index in [1.54, 1.807) is 0 Å². The van der Waals surface area contributed by atoms with Crippen molar-refractivity contribution in [2.75, 3.05) is 6.61 Å². The zero-order valence-corrected chi connectivity index (χ0v) is 18.7. The molecule has 7 atom stereocenters. The number of fused-ring (bicyclic) bond motifs is 1. The highest BCUT2D eigenvalue weighted by Crippen LogP contribution is 2.80. The second-order valence-electron chi connectivity index (χ2n) is 12.0. The number of esters is 3. The summed E-state index contributed by atoms with van der Waals surface area (Å²) in [6, 6.07) is 0. The molecule has 5 aliphatic rings. The Hall–Kier alpha value is -1.59. The van der Waals surface area contributed by atoms with E-state index in [1.165, 1.54) is 0 Å². The van der Waals surface area contributed by atoms with Crippen LogP contribution in [0.5, 0.6) is 0 Å². The molecule has 0 aromatic carbocycles. The van der Waals surface area contributed by atoms with Gasteiger partial charge in [-0.2, -0.15) is 0 Å². The molecule has 4 aliphatic carbocycles. The number of carbonyl (C=O) groups is 3. The highest BCUT2D eigenvalue weighted by atomic mass is 16.6. The monoisotopic (exact) mass is 406 g/mol. The topological polar surface area (TPSA) is 78.9 Å². The van der Waals surface area contributed by atoms with Gasteiger partial charge in [-0.15, -0.1) is 0 Å². The molecule has 0 aromatic rings. The van der Waals surface area contributed by atoms with Gasteiger partial charge < -0.3 is 14.2 Å². The molecule has 6 nitrogen and oxygen atoms in total. The Kier molecular flexibility index (Phi) is 4.26. The Morgan fingerprint density at radius 1 is 1.14 bits per heavy atom. The summed E-state index contributed by atoms with van der Waals surface area (Å²) in [5, 5.41) is 0. The van der Waals surface area contributed by atoms with Gasteiger partial charge in [0.15, 0.2) is 6.61 Å². The second kappa shape index (κ2) is 5.98. The predicted molar refractivity (Wildman–Crippen MR) is 104 cm³/mol. The maximum atomic E-state index is 13.0. The molecule has 1 aliphatic heterocycles. The van der Waals surface area contributed by atoms with Gasteiger partial charge in [0.2, 0.25) is 0 Å². The molecule has 2 bridgehead atoms. The lowest BCUT2D eigenvalue weighted by atomic mass is 9.41. The maximum absolute atomic E-state index is 13.0. The number of ether oxygens (including phenoxy) is 3. The third-order valence-corrected chi connectivity index (χ3v) is 8.26. The first kappa shape index (κ1) is 20.7. The molecule has 5 rings (SSSR count). The molecule has 6 heteroatoms. The highest BCUT2D eigenvalue weighted by molar-refractivity contribution is 5.83. The van der Waals surface area contributed by atoms with Gasteiger partial charge >= 0.3 is 17.9 Å². The predicted octanol–water partition coefficient (Wildman–Crippen LogP) is 3.51. The Labute approximate surface area is 173 Å². The van der Waals surface area contributed by atoms with E-state index in [-0.39, 0.29) is 58.1 Å². The van der Waals surface area contributed by atoms with Crippen molar-refractivity contribution in [1.82, 2.24) is 0 Å². The lowest BCUT2D eigenvalue weighted by molar-refractivity contribution is -0.258. The first-order valence-corrected chi connectivity index (χ1v) is 10.8. The van der Waals surface area contributed by atoms with E-state index in [0.717, 1.165) is 12.8 Å². The third-order valence-electron chi connectivity index (χ3n) is 8.26. The van der Waals surface area contributed by atoms with Crippen LogP contribution in [0, 0.1) is 39.4 Å². The summed E-state index contributed by atoms with van der Waals surface area (Å²) in [5.41, 5.74) is -1.18. The van der Waals surface area contributed by atoms with Crippen LogP contribution < -0.4 is 0 Å². The molecule has 7 unspecified atom stereocenters. The standard InChI is InChI=1S/C23H34O6/c1-20(2,3)11-22(7,21(4,5)6)19(26)27-10-13(24)28-16-14-12-8-9-23(14)15(12)18(25)29-17(16)23/h12,14-17H,8-11H2,1-7H3. The summed E-state index contributed by atoms with van der Waals surface area (Å²) >= 11 is 0. The largest absolute Gasteiger partial charge is 0.458 e. The summed E-state index contributed by atoms with van der Waals surface area (Å²) < 4.78 is 16.6. The van der Waals surface area contributed by atoms with Crippen LogP contribution in [0.3, 0.4) is 0 Å². The van der Waals surface area contributed by atoms with Gasteiger partial charge in [0.25, 0.3) is 0 Å². The average Bonchev–Trinajstić information content (AvgIpc) is 3.13. The molecular weight excluding hydrogens is 372 g/mol. The van der Waals surface area contributed by atoms with Gasteiger partial charge in [-0.1, -0.05) is 41.5 Å². The summed E-state index contributed by atoms with van der Waals surface area (Å²) in [4.78, 5) is 37.5. The molecule has 0 aromatic heterocycles. The van der Waals surface area contributed by atoms with E-state index < -0.39 is 18.0 Å². The van der Waals surface area contributed by atoms with Crippen molar-refractivity contribution in [1.29, 1.82) is 0 Å². The van der Waals surface area contributed by atoms with Gasteiger partial charge in [0.05, 0.1) is 11.3 Å².